The SMILES string of the molecule is CC(C)C[C@H](C)C(=O)CC[C@@H](Cc1ccccc1)C(N)=O. The zero-order valence-corrected chi connectivity index (χ0v) is 13.3. The van der Waals surface area contributed by atoms with Crippen molar-refractivity contribution < 1.29 is 9.59 Å². The van der Waals surface area contributed by atoms with Gasteiger partial charge in [-0.1, -0.05) is 51.1 Å². The van der Waals surface area contributed by atoms with Crippen molar-refractivity contribution in [3.63, 3.8) is 0 Å². The standard InChI is InChI=1S/C18H27NO2/c1-13(2)11-14(3)17(20)10-9-16(18(19)21)12-15-7-5-4-6-8-15/h4-8,13-14,16H,9-12H2,1-3H3,(H2,19,21)/t14-,16-/m0/s1. The molecule has 0 aromatic heterocycles. The van der Waals surface area contributed by atoms with E-state index in [4.69, 9.17) is 5.73 Å². The van der Waals surface area contributed by atoms with E-state index in [0.717, 1.165) is 12.0 Å². The lowest BCUT2D eigenvalue weighted by Crippen LogP contribution is -2.26. The molecule has 1 rings (SSSR count). The molecule has 0 saturated carbocycles. The highest BCUT2D eigenvalue weighted by molar-refractivity contribution is 5.82. The molecule has 0 heterocycles. The van der Waals surface area contributed by atoms with Crippen LogP contribution in [0.15, 0.2) is 30.3 Å². The summed E-state index contributed by atoms with van der Waals surface area (Å²) in [4.78, 5) is 23.7. The number of nitrogens with two attached hydrogens (primary N) is 1. The first kappa shape index (κ1) is 17.4. The minimum Gasteiger partial charge on any atom is -0.369 e. The lowest BCUT2D eigenvalue weighted by atomic mass is 9.88. The molecule has 1 aromatic carbocycles. The number of hydrogen-bond acceptors (Lipinski definition) is 2. The summed E-state index contributed by atoms with van der Waals surface area (Å²) in [7, 11) is 0. The van der Waals surface area contributed by atoms with Crippen LogP contribution in [0.1, 0.15) is 45.6 Å². The first-order valence-electron chi connectivity index (χ1n) is 7.76. The maximum absolute atomic E-state index is 12.1. The Morgan fingerprint density at radius 3 is 2.24 bits per heavy atom. The van der Waals surface area contributed by atoms with Crippen LogP contribution >= 0.6 is 0 Å². The average molecular weight is 289 g/mol. The first-order chi connectivity index (χ1) is 9.90. The van der Waals surface area contributed by atoms with Gasteiger partial charge in [0.2, 0.25) is 5.91 Å². The van der Waals surface area contributed by atoms with E-state index in [0.29, 0.717) is 25.2 Å². The summed E-state index contributed by atoms with van der Waals surface area (Å²) >= 11 is 0. The molecular weight excluding hydrogens is 262 g/mol. The molecule has 21 heavy (non-hydrogen) atoms. The van der Waals surface area contributed by atoms with Crippen molar-refractivity contribution >= 4 is 11.7 Å². The number of amides is 1. The van der Waals surface area contributed by atoms with Crippen molar-refractivity contribution in [3.8, 4) is 0 Å². The topological polar surface area (TPSA) is 60.2 Å². The van der Waals surface area contributed by atoms with E-state index < -0.39 is 0 Å². The highest BCUT2D eigenvalue weighted by Crippen LogP contribution is 2.19. The fraction of sp³-hybridized carbons (Fsp3) is 0.556. The molecule has 2 N–H and O–H groups in total. The largest absolute Gasteiger partial charge is 0.369 e. The molecule has 2 atom stereocenters. The molecular formula is C18H27NO2. The van der Waals surface area contributed by atoms with Crippen LogP contribution in [0.4, 0.5) is 0 Å². The average Bonchev–Trinajstić information content (AvgIpc) is 2.43. The van der Waals surface area contributed by atoms with Gasteiger partial charge in [-0.25, -0.2) is 0 Å². The van der Waals surface area contributed by atoms with Gasteiger partial charge in [-0.3, -0.25) is 9.59 Å². The van der Waals surface area contributed by atoms with E-state index in [-0.39, 0.29) is 23.5 Å². The van der Waals surface area contributed by atoms with E-state index in [2.05, 4.69) is 13.8 Å². The molecule has 0 bridgehead atoms. The molecule has 0 aliphatic rings. The molecule has 3 heteroatoms. The van der Waals surface area contributed by atoms with Crippen LogP contribution < -0.4 is 5.73 Å². The number of carbonyl (C=O) groups excluding carboxylic acids is 2. The van der Waals surface area contributed by atoms with Crippen molar-refractivity contribution in [1.29, 1.82) is 0 Å². The second-order valence-electron chi connectivity index (χ2n) is 6.32. The molecule has 0 spiro atoms. The van der Waals surface area contributed by atoms with E-state index in [1.807, 2.05) is 37.3 Å². The molecule has 0 radical (unpaired) electrons. The number of ketones is 1. The van der Waals surface area contributed by atoms with Crippen molar-refractivity contribution in [2.75, 3.05) is 0 Å². The lowest BCUT2D eigenvalue weighted by Gasteiger charge is -2.16. The second-order valence-corrected chi connectivity index (χ2v) is 6.32. The zero-order valence-electron chi connectivity index (χ0n) is 13.3. The van der Waals surface area contributed by atoms with Gasteiger partial charge in [-0.2, -0.15) is 0 Å². The summed E-state index contributed by atoms with van der Waals surface area (Å²) in [5, 5.41) is 0. The Morgan fingerprint density at radius 1 is 1.10 bits per heavy atom. The Morgan fingerprint density at radius 2 is 1.71 bits per heavy atom. The van der Waals surface area contributed by atoms with Gasteiger partial charge in [-0.05, 0) is 30.7 Å². The molecule has 0 fully saturated rings. The predicted molar refractivity (Wildman–Crippen MR) is 85.7 cm³/mol. The quantitative estimate of drug-likeness (QED) is 0.757. The van der Waals surface area contributed by atoms with E-state index in [1.165, 1.54) is 0 Å². The number of rotatable bonds is 9. The van der Waals surface area contributed by atoms with Crippen molar-refractivity contribution in [2.24, 2.45) is 23.5 Å². The third-order valence-electron chi connectivity index (χ3n) is 3.84. The van der Waals surface area contributed by atoms with Crippen molar-refractivity contribution in [2.45, 2.75) is 46.5 Å². The predicted octanol–water partition coefficient (Wildman–Crippen LogP) is 3.36. The van der Waals surface area contributed by atoms with Crippen molar-refractivity contribution in [1.82, 2.24) is 0 Å². The van der Waals surface area contributed by atoms with E-state index >= 15 is 0 Å². The van der Waals surface area contributed by atoms with E-state index in [1.54, 1.807) is 0 Å². The Bertz CT molecular complexity index is 454. The Labute approximate surface area is 127 Å². The summed E-state index contributed by atoms with van der Waals surface area (Å²) in [5.41, 5.74) is 6.56. The van der Waals surface area contributed by atoms with Gasteiger partial charge < -0.3 is 5.73 Å². The van der Waals surface area contributed by atoms with Crippen LogP contribution in [0.25, 0.3) is 0 Å². The summed E-state index contributed by atoms with van der Waals surface area (Å²) < 4.78 is 0. The molecule has 0 aliphatic carbocycles. The number of hydrogen-bond donors (Lipinski definition) is 1. The number of benzene rings is 1. The molecule has 0 saturated heterocycles. The van der Waals surface area contributed by atoms with Crippen molar-refractivity contribution in [3.05, 3.63) is 35.9 Å². The minimum absolute atomic E-state index is 0.0650. The second kappa shape index (κ2) is 8.60. The maximum Gasteiger partial charge on any atom is 0.220 e. The first-order valence-corrected chi connectivity index (χ1v) is 7.76. The molecule has 1 aromatic rings. The number of primary amides is 1. The van der Waals surface area contributed by atoms with Gasteiger partial charge in [0.05, 0.1) is 0 Å². The van der Waals surface area contributed by atoms with Gasteiger partial charge in [0, 0.05) is 18.3 Å². The Balaban J connectivity index is 2.52. The fourth-order valence-electron chi connectivity index (χ4n) is 2.64. The van der Waals surface area contributed by atoms with Gasteiger partial charge in [-0.15, -0.1) is 0 Å². The summed E-state index contributed by atoms with van der Waals surface area (Å²) in [6, 6.07) is 9.81. The third-order valence-corrected chi connectivity index (χ3v) is 3.84. The van der Waals surface area contributed by atoms with Crippen LogP contribution in [0.3, 0.4) is 0 Å². The van der Waals surface area contributed by atoms with Gasteiger partial charge >= 0.3 is 0 Å². The summed E-state index contributed by atoms with van der Waals surface area (Å²) in [5.74, 6) is 0.240. The smallest absolute Gasteiger partial charge is 0.220 e. The highest BCUT2D eigenvalue weighted by Gasteiger charge is 2.20. The van der Waals surface area contributed by atoms with Crippen LogP contribution in [-0.4, -0.2) is 11.7 Å². The zero-order chi connectivity index (χ0) is 15.8. The fourth-order valence-corrected chi connectivity index (χ4v) is 2.64. The maximum atomic E-state index is 12.1. The van der Waals surface area contributed by atoms with Crippen LogP contribution in [-0.2, 0) is 16.0 Å². The lowest BCUT2D eigenvalue weighted by molar-refractivity contribution is -0.124. The number of carbonyl (C=O) groups is 2. The third kappa shape index (κ3) is 6.56. The highest BCUT2D eigenvalue weighted by atomic mass is 16.1. The minimum atomic E-state index is -0.317. The van der Waals surface area contributed by atoms with Gasteiger partial charge in [0.25, 0.3) is 0 Å². The molecule has 1 amide bonds. The molecule has 116 valence electrons. The van der Waals surface area contributed by atoms with E-state index in [9.17, 15) is 9.59 Å². The van der Waals surface area contributed by atoms with Crippen LogP contribution in [0.2, 0.25) is 0 Å². The molecule has 3 nitrogen and oxygen atoms in total. The van der Waals surface area contributed by atoms with Gasteiger partial charge in [0.1, 0.15) is 5.78 Å². The Hall–Kier alpha value is -1.64. The molecule has 0 unspecified atom stereocenters. The summed E-state index contributed by atoms with van der Waals surface area (Å²) in [6.45, 7) is 6.20. The number of Topliss-reactive ketones (excluding diaryl/α,β-unsaturated/α-hetero) is 1. The monoisotopic (exact) mass is 289 g/mol. The van der Waals surface area contributed by atoms with Gasteiger partial charge in [0.15, 0.2) is 0 Å². The Kier molecular flexibility index (Phi) is 7.13. The molecule has 0 aliphatic heterocycles. The van der Waals surface area contributed by atoms with Crippen LogP contribution in [0, 0.1) is 17.8 Å². The summed E-state index contributed by atoms with van der Waals surface area (Å²) in [6.07, 6.45) is 2.50. The van der Waals surface area contributed by atoms with Crippen LogP contribution in [0.5, 0.6) is 0 Å². The normalized spacial score (nSPS) is 13.9.